The van der Waals surface area contributed by atoms with Gasteiger partial charge in [0.1, 0.15) is 17.2 Å². The second-order valence-corrected chi connectivity index (χ2v) is 9.02. The van der Waals surface area contributed by atoms with Crippen molar-refractivity contribution in [2.24, 2.45) is 0 Å². The smallest absolute Gasteiger partial charge is 0.205 e. The number of halogens is 1. The van der Waals surface area contributed by atoms with E-state index in [4.69, 9.17) is 9.40 Å². The Morgan fingerprint density at radius 2 is 1.94 bits per heavy atom. The molecule has 0 aliphatic heterocycles. The van der Waals surface area contributed by atoms with Crippen LogP contribution in [-0.4, -0.2) is 42.3 Å². The maximum atomic E-state index is 6.29. The number of aryl methyl sites for hydroxylation is 1. The number of aromatic nitrogens is 7. The minimum absolute atomic E-state index is 0.511. The van der Waals surface area contributed by atoms with Crippen LogP contribution >= 0.6 is 15.9 Å². The van der Waals surface area contributed by atoms with Crippen molar-refractivity contribution in [1.82, 2.24) is 35.2 Å². The zero-order valence-electron chi connectivity index (χ0n) is 19.1. The first-order valence-electron chi connectivity index (χ1n) is 11.3. The highest BCUT2D eigenvalue weighted by molar-refractivity contribution is 9.10. The van der Waals surface area contributed by atoms with Gasteiger partial charge in [0.15, 0.2) is 5.65 Å². The number of nitrogens with zero attached hydrogens (tertiary/aromatic N) is 7. The molecule has 10 heteroatoms. The summed E-state index contributed by atoms with van der Waals surface area (Å²) in [5, 5.41) is 20.0. The van der Waals surface area contributed by atoms with Crippen LogP contribution in [0.25, 0.3) is 39.3 Å². The van der Waals surface area contributed by atoms with Gasteiger partial charge in [-0.05, 0) is 45.8 Å². The Morgan fingerprint density at radius 1 is 1.09 bits per heavy atom. The van der Waals surface area contributed by atoms with Crippen molar-refractivity contribution in [2.75, 3.05) is 11.9 Å². The van der Waals surface area contributed by atoms with Crippen molar-refractivity contribution in [1.29, 1.82) is 0 Å². The maximum absolute atomic E-state index is 6.29. The molecule has 174 valence electrons. The standard InChI is InChI=1S/C25H21BrN8O/c1-3-6-15-13-22(34-21(28-15)11-12-27-34)33(2)16-9-10-20-19(14-16)23(26)24(35-20)17-7-4-5-8-18(17)25-29-31-32-30-25/h4-5,7-14H,3,6H2,1-2H3,(H,29,30,31,32). The van der Waals surface area contributed by atoms with E-state index >= 15 is 0 Å². The van der Waals surface area contributed by atoms with Gasteiger partial charge in [-0.1, -0.05) is 37.6 Å². The SMILES string of the molecule is CCCc1cc(N(C)c2ccc3oc(-c4ccccc4-c4nn[nH]n4)c(Br)c3c2)n2nccc2n1. The first-order chi connectivity index (χ1) is 17.1. The molecule has 4 aromatic heterocycles. The second kappa shape index (κ2) is 8.62. The first kappa shape index (κ1) is 21.5. The topological polar surface area (TPSA) is 101 Å². The van der Waals surface area contributed by atoms with Crippen LogP contribution in [0.15, 0.2) is 69.7 Å². The number of nitrogens with one attached hydrogen (secondary N) is 1. The summed E-state index contributed by atoms with van der Waals surface area (Å²) in [6.07, 6.45) is 3.72. The molecule has 6 aromatic rings. The van der Waals surface area contributed by atoms with Gasteiger partial charge < -0.3 is 9.32 Å². The van der Waals surface area contributed by atoms with Gasteiger partial charge in [0.2, 0.25) is 5.82 Å². The number of aromatic amines is 1. The second-order valence-electron chi connectivity index (χ2n) is 8.22. The first-order valence-corrected chi connectivity index (χ1v) is 12.1. The molecule has 0 atom stereocenters. The van der Waals surface area contributed by atoms with E-state index in [9.17, 15) is 0 Å². The van der Waals surface area contributed by atoms with Gasteiger partial charge in [-0.25, -0.2) is 4.98 Å². The lowest BCUT2D eigenvalue weighted by Crippen LogP contribution is -2.15. The molecule has 6 rings (SSSR count). The summed E-state index contributed by atoms with van der Waals surface area (Å²) < 4.78 is 9.02. The molecule has 2 aromatic carbocycles. The molecule has 9 nitrogen and oxygen atoms in total. The lowest BCUT2D eigenvalue weighted by molar-refractivity contribution is 0.630. The third-order valence-corrected chi connectivity index (χ3v) is 6.79. The summed E-state index contributed by atoms with van der Waals surface area (Å²) in [6.45, 7) is 2.16. The largest absolute Gasteiger partial charge is 0.455 e. The van der Waals surface area contributed by atoms with E-state index in [0.29, 0.717) is 11.6 Å². The highest BCUT2D eigenvalue weighted by Crippen LogP contribution is 2.42. The van der Waals surface area contributed by atoms with Crippen molar-refractivity contribution in [3.8, 4) is 22.7 Å². The number of tetrazole rings is 1. The molecular formula is C25H21BrN8O. The molecule has 0 fully saturated rings. The van der Waals surface area contributed by atoms with E-state index in [-0.39, 0.29) is 0 Å². The lowest BCUT2D eigenvalue weighted by atomic mass is 10.0. The number of fused-ring (bicyclic) bond motifs is 2. The summed E-state index contributed by atoms with van der Waals surface area (Å²) in [7, 11) is 2.04. The van der Waals surface area contributed by atoms with Crippen LogP contribution in [0.4, 0.5) is 11.5 Å². The highest BCUT2D eigenvalue weighted by Gasteiger charge is 2.20. The Balaban J connectivity index is 1.45. The summed E-state index contributed by atoms with van der Waals surface area (Å²) in [5.74, 6) is 2.17. The number of furan rings is 1. The quantitative estimate of drug-likeness (QED) is 0.291. The molecule has 0 spiro atoms. The Morgan fingerprint density at radius 3 is 2.74 bits per heavy atom. The fourth-order valence-corrected chi connectivity index (χ4v) is 4.90. The van der Waals surface area contributed by atoms with Crippen LogP contribution in [0.3, 0.4) is 0 Å². The number of H-pyrrole nitrogens is 1. The van der Waals surface area contributed by atoms with E-state index in [1.165, 1.54) is 0 Å². The zero-order valence-corrected chi connectivity index (χ0v) is 20.7. The van der Waals surface area contributed by atoms with E-state index in [0.717, 1.165) is 62.3 Å². The summed E-state index contributed by atoms with van der Waals surface area (Å²) in [5.41, 5.74) is 5.38. The Hall–Kier alpha value is -4.05. The fraction of sp³-hybridized carbons (Fsp3) is 0.160. The van der Waals surface area contributed by atoms with Crippen LogP contribution in [-0.2, 0) is 6.42 Å². The Bertz CT molecular complexity index is 1650. The summed E-state index contributed by atoms with van der Waals surface area (Å²) >= 11 is 3.79. The third-order valence-electron chi connectivity index (χ3n) is 6.00. The van der Waals surface area contributed by atoms with Gasteiger partial charge in [-0.3, -0.25) is 0 Å². The number of anilines is 2. The number of hydrogen-bond acceptors (Lipinski definition) is 7. The van der Waals surface area contributed by atoms with E-state index in [2.05, 4.69) is 65.6 Å². The van der Waals surface area contributed by atoms with Crippen LogP contribution in [0.5, 0.6) is 0 Å². The normalized spacial score (nSPS) is 11.5. The van der Waals surface area contributed by atoms with Gasteiger partial charge >= 0.3 is 0 Å². The minimum atomic E-state index is 0.511. The third kappa shape index (κ3) is 3.66. The number of hydrogen-bond donors (Lipinski definition) is 1. The molecule has 0 unspecified atom stereocenters. The lowest BCUT2D eigenvalue weighted by Gasteiger charge is -2.21. The van der Waals surface area contributed by atoms with Crippen molar-refractivity contribution in [3.05, 3.63) is 71.0 Å². The van der Waals surface area contributed by atoms with Gasteiger partial charge in [0, 0.05) is 47.1 Å². The summed E-state index contributed by atoms with van der Waals surface area (Å²) in [4.78, 5) is 6.84. The molecule has 4 heterocycles. The molecule has 0 saturated carbocycles. The predicted octanol–water partition coefficient (Wildman–Crippen LogP) is 5.81. The van der Waals surface area contributed by atoms with Gasteiger partial charge in [-0.2, -0.15) is 14.8 Å². The monoisotopic (exact) mass is 528 g/mol. The highest BCUT2D eigenvalue weighted by atomic mass is 79.9. The minimum Gasteiger partial charge on any atom is -0.455 e. The predicted molar refractivity (Wildman–Crippen MR) is 138 cm³/mol. The van der Waals surface area contributed by atoms with Crippen LogP contribution < -0.4 is 4.90 Å². The molecule has 0 amide bonds. The zero-order chi connectivity index (χ0) is 23.9. The Labute approximate surface area is 208 Å². The fourth-order valence-electron chi connectivity index (χ4n) is 4.29. The number of benzene rings is 2. The number of rotatable bonds is 6. The van der Waals surface area contributed by atoms with Crippen molar-refractivity contribution < 1.29 is 4.42 Å². The van der Waals surface area contributed by atoms with Crippen LogP contribution in [0.1, 0.15) is 19.0 Å². The molecule has 0 saturated heterocycles. The van der Waals surface area contributed by atoms with Crippen molar-refractivity contribution in [2.45, 2.75) is 19.8 Å². The van der Waals surface area contributed by atoms with Crippen LogP contribution in [0.2, 0.25) is 0 Å². The van der Waals surface area contributed by atoms with E-state index < -0.39 is 0 Å². The van der Waals surface area contributed by atoms with E-state index in [1.54, 1.807) is 6.20 Å². The molecule has 35 heavy (non-hydrogen) atoms. The molecule has 1 N–H and O–H groups in total. The van der Waals surface area contributed by atoms with Crippen molar-refractivity contribution in [3.63, 3.8) is 0 Å². The van der Waals surface area contributed by atoms with Gasteiger partial charge in [0.05, 0.1) is 10.7 Å². The van der Waals surface area contributed by atoms with Gasteiger partial charge in [0.25, 0.3) is 0 Å². The van der Waals surface area contributed by atoms with E-state index in [1.807, 2.05) is 54.0 Å². The summed E-state index contributed by atoms with van der Waals surface area (Å²) in [6, 6.07) is 18.0. The molecule has 0 radical (unpaired) electrons. The van der Waals surface area contributed by atoms with Gasteiger partial charge in [-0.15, -0.1) is 10.2 Å². The molecule has 0 bridgehead atoms. The van der Waals surface area contributed by atoms with Crippen LogP contribution in [0, 0.1) is 0 Å². The maximum Gasteiger partial charge on any atom is 0.205 e. The molecule has 0 aliphatic carbocycles. The molecular weight excluding hydrogens is 508 g/mol. The average Bonchev–Trinajstić information content (AvgIpc) is 3.64. The average molecular weight is 529 g/mol. The van der Waals surface area contributed by atoms with Crippen molar-refractivity contribution >= 4 is 44.1 Å². The Kier molecular flexibility index (Phi) is 5.29. The molecule has 0 aliphatic rings.